The number of aryl methyl sites for hydroxylation is 1. The SMILES string of the molecule is Cc1ccc(Nc2ncnc3c2CCNC3)cc1. The average molecular weight is 240 g/mol. The number of nitrogens with one attached hydrogen (secondary N) is 2. The first-order valence-electron chi connectivity index (χ1n) is 6.20. The fraction of sp³-hybridized carbons (Fsp3) is 0.286. The van der Waals surface area contributed by atoms with Crippen LogP contribution in [0.15, 0.2) is 30.6 Å². The van der Waals surface area contributed by atoms with Crippen LogP contribution >= 0.6 is 0 Å². The third-order valence-corrected chi connectivity index (χ3v) is 3.19. The van der Waals surface area contributed by atoms with E-state index in [1.807, 2.05) is 0 Å². The lowest BCUT2D eigenvalue weighted by atomic mass is 10.1. The van der Waals surface area contributed by atoms with Crippen molar-refractivity contribution in [2.75, 3.05) is 11.9 Å². The summed E-state index contributed by atoms with van der Waals surface area (Å²) in [7, 11) is 0. The fourth-order valence-corrected chi connectivity index (χ4v) is 2.17. The van der Waals surface area contributed by atoms with Gasteiger partial charge in [0.15, 0.2) is 0 Å². The molecular formula is C14H16N4. The van der Waals surface area contributed by atoms with Gasteiger partial charge in [0.25, 0.3) is 0 Å². The Hall–Kier alpha value is -1.94. The average Bonchev–Trinajstić information content (AvgIpc) is 2.42. The first-order valence-corrected chi connectivity index (χ1v) is 6.20. The summed E-state index contributed by atoms with van der Waals surface area (Å²) in [5, 5.41) is 6.70. The van der Waals surface area contributed by atoms with E-state index in [9.17, 15) is 0 Å². The Balaban J connectivity index is 1.90. The molecule has 0 fully saturated rings. The van der Waals surface area contributed by atoms with Crippen LogP contribution in [0.4, 0.5) is 11.5 Å². The molecule has 1 aliphatic heterocycles. The van der Waals surface area contributed by atoms with Crippen molar-refractivity contribution >= 4 is 11.5 Å². The van der Waals surface area contributed by atoms with Crippen LogP contribution in [-0.2, 0) is 13.0 Å². The second-order valence-corrected chi connectivity index (χ2v) is 4.57. The van der Waals surface area contributed by atoms with Crippen LogP contribution in [0.2, 0.25) is 0 Å². The van der Waals surface area contributed by atoms with Crippen molar-refractivity contribution in [3.05, 3.63) is 47.4 Å². The van der Waals surface area contributed by atoms with E-state index in [2.05, 4.69) is 51.8 Å². The van der Waals surface area contributed by atoms with Crippen LogP contribution in [-0.4, -0.2) is 16.5 Å². The highest BCUT2D eigenvalue weighted by atomic mass is 15.0. The number of anilines is 2. The zero-order chi connectivity index (χ0) is 12.4. The molecule has 2 aromatic rings. The Kier molecular flexibility index (Phi) is 2.94. The highest BCUT2D eigenvalue weighted by Gasteiger charge is 2.14. The van der Waals surface area contributed by atoms with E-state index in [0.29, 0.717) is 0 Å². The van der Waals surface area contributed by atoms with Crippen LogP contribution in [0.1, 0.15) is 16.8 Å². The molecule has 0 unspecified atom stereocenters. The Morgan fingerprint density at radius 1 is 1.17 bits per heavy atom. The van der Waals surface area contributed by atoms with Crippen molar-refractivity contribution in [2.45, 2.75) is 19.9 Å². The molecule has 0 bridgehead atoms. The van der Waals surface area contributed by atoms with E-state index in [4.69, 9.17) is 0 Å². The van der Waals surface area contributed by atoms with Gasteiger partial charge in [0.05, 0.1) is 5.69 Å². The minimum Gasteiger partial charge on any atom is -0.340 e. The molecule has 3 rings (SSSR count). The Bertz CT molecular complexity index is 548. The Morgan fingerprint density at radius 3 is 2.83 bits per heavy atom. The van der Waals surface area contributed by atoms with Gasteiger partial charge in [0.1, 0.15) is 12.1 Å². The first kappa shape index (κ1) is 11.2. The molecule has 92 valence electrons. The standard InChI is InChI=1S/C14H16N4/c1-10-2-4-11(5-3-10)18-14-12-6-7-15-8-13(12)16-9-17-14/h2-5,9,15H,6-8H2,1H3,(H,16,17,18). The van der Waals surface area contributed by atoms with Crippen LogP contribution in [0.25, 0.3) is 0 Å². The van der Waals surface area contributed by atoms with Gasteiger partial charge in [-0.1, -0.05) is 17.7 Å². The zero-order valence-electron chi connectivity index (χ0n) is 10.4. The molecule has 0 atom stereocenters. The minimum atomic E-state index is 0.834. The molecule has 0 amide bonds. The quantitative estimate of drug-likeness (QED) is 0.844. The highest BCUT2D eigenvalue weighted by Crippen LogP contribution is 2.22. The van der Waals surface area contributed by atoms with Gasteiger partial charge in [0, 0.05) is 17.8 Å². The van der Waals surface area contributed by atoms with E-state index in [1.165, 1.54) is 11.1 Å². The Labute approximate surface area is 106 Å². The minimum absolute atomic E-state index is 0.834. The highest BCUT2D eigenvalue weighted by molar-refractivity contribution is 5.60. The lowest BCUT2D eigenvalue weighted by Crippen LogP contribution is -2.25. The molecule has 2 N–H and O–H groups in total. The molecule has 2 heterocycles. The molecular weight excluding hydrogens is 224 g/mol. The molecule has 0 aliphatic carbocycles. The van der Waals surface area contributed by atoms with Crippen molar-refractivity contribution in [1.82, 2.24) is 15.3 Å². The summed E-state index contributed by atoms with van der Waals surface area (Å²) in [6, 6.07) is 8.34. The monoisotopic (exact) mass is 240 g/mol. The topological polar surface area (TPSA) is 49.8 Å². The van der Waals surface area contributed by atoms with Crippen molar-refractivity contribution in [3.63, 3.8) is 0 Å². The number of hydrogen-bond acceptors (Lipinski definition) is 4. The van der Waals surface area contributed by atoms with E-state index >= 15 is 0 Å². The maximum atomic E-state index is 4.36. The third kappa shape index (κ3) is 2.19. The van der Waals surface area contributed by atoms with Crippen molar-refractivity contribution < 1.29 is 0 Å². The van der Waals surface area contributed by atoms with E-state index < -0.39 is 0 Å². The summed E-state index contributed by atoms with van der Waals surface area (Å²) < 4.78 is 0. The normalized spacial score (nSPS) is 14.1. The number of aromatic nitrogens is 2. The molecule has 4 heteroatoms. The molecule has 0 spiro atoms. The van der Waals surface area contributed by atoms with Crippen LogP contribution in [0.5, 0.6) is 0 Å². The van der Waals surface area contributed by atoms with Crippen LogP contribution < -0.4 is 10.6 Å². The number of nitrogens with zero attached hydrogens (tertiary/aromatic N) is 2. The molecule has 0 saturated carbocycles. The van der Waals surface area contributed by atoms with Crippen molar-refractivity contribution in [1.29, 1.82) is 0 Å². The van der Waals surface area contributed by atoms with Crippen molar-refractivity contribution in [3.8, 4) is 0 Å². The summed E-state index contributed by atoms with van der Waals surface area (Å²) in [5.74, 6) is 0.936. The van der Waals surface area contributed by atoms with Gasteiger partial charge in [-0.15, -0.1) is 0 Å². The summed E-state index contributed by atoms with van der Waals surface area (Å²) in [4.78, 5) is 8.68. The number of benzene rings is 1. The number of hydrogen-bond donors (Lipinski definition) is 2. The van der Waals surface area contributed by atoms with Crippen LogP contribution in [0.3, 0.4) is 0 Å². The predicted octanol–water partition coefficient (Wildman–Crippen LogP) is 2.17. The lowest BCUT2D eigenvalue weighted by Gasteiger charge is -2.19. The summed E-state index contributed by atoms with van der Waals surface area (Å²) >= 11 is 0. The van der Waals surface area contributed by atoms with Gasteiger partial charge in [-0.05, 0) is 32.0 Å². The van der Waals surface area contributed by atoms with Gasteiger partial charge in [-0.2, -0.15) is 0 Å². The van der Waals surface area contributed by atoms with E-state index in [1.54, 1.807) is 6.33 Å². The van der Waals surface area contributed by atoms with Gasteiger partial charge in [-0.3, -0.25) is 0 Å². The molecule has 1 aromatic carbocycles. The molecule has 0 radical (unpaired) electrons. The maximum Gasteiger partial charge on any atom is 0.137 e. The molecule has 1 aromatic heterocycles. The van der Waals surface area contributed by atoms with Gasteiger partial charge in [0.2, 0.25) is 0 Å². The third-order valence-electron chi connectivity index (χ3n) is 3.19. The second-order valence-electron chi connectivity index (χ2n) is 4.57. The smallest absolute Gasteiger partial charge is 0.137 e. The lowest BCUT2D eigenvalue weighted by molar-refractivity contribution is 0.624. The summed E-state index contributed by atoms with van der Waals surface area (Å²) in [5.41, 5.74) is 4.66. The Morgan fingerprint density at radius 2 is 2.00 bits per heavy atom. The number of fused-ring (bicyclic) bond motifs is 1. The first-order chi connectivity index (χ1) is 8.83. The van der Waals surface area contributed by atoms with Gasteiger partial charge >= 0.3 is 0 Å². The van der Waals surface area contributed by atoms with E-state index in [-0.39, 0.29) is 0 Å². The predicted molar refractivity (Wildman–Crippen MR) is 71.9 cm³/mol. The molecule has 1 aliphatic rings. The molecule has 4 nitrogen and oxygen atoms in total. The largest absolute Gasteiger partial charge is 0.340 e. The van der Waals surface area contributed by atoms with Crippen molar-refractivity contribution in [2.24, 2.45) is 0 Å². The fourth-order valence-electron chi connectivity index (χ4n) is 2.17. The molecule has 18 heavy (non-hydrogen) atoms. The maximum absolute atomic E-state index is 4.36. The van der Waals surface area contributed by atoms with Gasteiger partial charge < -0.3 is 10.6 Å². The van der Waals surface area contributed by atoms with Gasteiger partial charge in [-0.25, -0.2) is 9.97 Å². The number of rotatable bonds is 2. The second kappa shape index (κ2) is 4.74. The van der Waals surface area contributed by atoms with E-state index in [0.717, 1.165) is 36.7 Å². The molecule has 0 saturated heterocycles. The summed E-state index contributed by atoms with van der Waals surface area (Å²) in [6.07, 6.45) is 2.60. The zero-order valence-corrected chi connectivity index (χ0v) is 10.4. The summed E-state index contributed by atoms with van der Waals surface area (Å²) in [6.45, 7) is 3.91. The van der Waals surface area contributed by atoms with Crippen LogP contribution in [0, 0.1) is 6.92 Å².